The molecule has 0 saturated heterocycles. The number of fused-ring (bicyclic) bond motifs is 1. The molecule has 0 radical (unpaired) electrons. The van der Waals surface area contributed by atoms with E-state index in [1.54, 1.807) is 6.08 Å². The van der Waals surface area contributed by atoms with E-state index in [4.69, 9.17) is 5.73 Å². The van der Waals surface area contributed by atoms with E-state index in [-0.39, 0.29) is 15.8 Å². The molecule has 1 aromatic carbocycles. The van der Waals surface area contributed by atoms with Gasteiger partial charge in [-0.2, -0.15) is 0 Å². The zero-order valence-corrected chi connectivity index (χ0v) is 28.9. The van der Waals surface area contributed by atoms with Crippen LogP contribution in [-0.2, 0) is 20.9 Å². The molecule has 0 fully saturated rings. The third kappa shape index (κ3) is 6.22. The molecule has 12 heteroatoms. The van der Waals surface area contributed by atoms with E-state index in [0.29, 0.717) is 23.9 Å². The average molecular weight is 831 g/mol. The number of halogens is 2. The summed E-state index contributed by atoms with van der Waals surface area (Å²) in [6.45, 7) is 5.11. The van der Waals surface area contributed by atoms with Crippen LogP contribution in [0.5, 0.6) is 0 Å². The number of likely N-dealkylation sites (N-methyl/N-ethyl adjacent to an activating group) is 1. The zero-order chi connectivity index (χ0) is 32.3. The first-order chi connectivity index (χ1) is 20.8. The van der Waals surface area contributed by atoms with Crippen LogP contribution in [0, 0.1) is 5.92 Å². The van der Waals surface area contributed by atoms with Crippen molar-refractivity contribution < 1.29 is 33.1 Å². The summed E-state index contributed by atoms with van der Waals surface area (Å²) < 4.78 is 13.7. The van der Waals surface area contributed by atoms with Gasteiger partial charge in [-0.05, 0) is 0 Å². The van der Waals surface area contributed by atoms with Crippen LogP contribution in [0.25, 0.3) is 0 Å². The second-order valence-corrected chi connectivity index (χ2v) is 26.3. The summed E-state index contributed by atoms with van der Waals surface area (Å²) in [4.78, 5) is 40.8. The molecular weight excluding hydrogens is 792 g/mol. The van der Waals surface area contributed by atoms with Crippen LogP contribution in [0.15, 0.2) is 107 Å². The number of rotatable bonds is 9. The summed E-state index contributed by atoms with van der Waals surface area (Å²) in [6, 6.07) is 10.0. The fourth-order valence-corrected chi connectivity index (χ4v) is 23.5. The maximum atomic E-state index is 13.8. The fraction of sp³-hybridized carbons (Fsp3) is 0.281. The number of nitrogens with one attached hydrogen (secondary N) is 1. The first-order valence-electron chi connectivity index (χ1n) is 13.8. The number of nitrogens with two attached hydrogens (primary N) is 1. The zero-order valence-electron chi connectivity index (χ0n) is 24.6. The quantitative estimate of drug-likeness (QED) is 0.0526. The van der Waals surface area contributed by atoms with Gasteiger partial charge < -0.3 is 0 Å². The number of hydrogen-bond acceptors (Lipinski definition) is 9. The third-order valence-corrected chi connectivity index (χ3v) is 24.7. The van der Waals surface area contributed by atoms with Crippen LogP contribution in [0.4, 0.5) is 0 Å². The molecule has 3 aliphatic heterocycles. The Hall–Kier alpha value is -3.05. The van der Waals surface area contributed by atoms with Crippen LogP contribution >= 0.6 is 37.3 Å². The number of alkyl halides is 3. The van der Waals surface area contributed by atoms with Crippen molar-refractivity contribution in [2.45, 2.75) is 17.0 Å². The number of aliphatic hydroxyl groups is 3. The predicted molar refractivity (Wildman–Crippen MR) is 190 cm³/mol. The molecule has 1 aromatic rings. The van der Waals surface area contributed by atoms with Gasteiger partial charge in [0.1, 0.15) is 0 Å². The Morgan fingerprint density at radius 2 is 1.91 bits per heavy atom. The molecule has 3 aliphatic rings. The molecule has 0 bridgehead atoms. The first-order valence-corrected chi connectivity index (χ1v) is 23.7. The van der Waals surface area contributed by atoms with Gasteiger partial charge in [0.15, 0.2) is 0 Å². The Balaban J connectivity index is 1.64. The van der Waals surface area contributed by atoms with Crippen molar-refractivity contribution in [3.63, 3.8) is 0 Å². The first kappa shape index (κ1) is 33.8. The summed E-state index contributed by atoms with van der Waals surface area (Å²) in [5.41, 5.74) is 6.70. The normalized spacial score (nSPS) is 27.3. The van der Waals surface area contributed by atoms with Crippen LogP contribution < -0.4 is 11.1 Å². The molecule has 44 heavy (non-hydrogen) atoms. The van der Waals surface area contributed by atoms with Gasteiger partial charge >= 0.3 is 267 Å². The monoisotopic (exact) mass is 831 g/mol. The number of ketones is 1. The van der Waals surface area contributed by atoms with E-state index in [1.807, 2.05) is 46.6 Å². The number of carbonyl (C=O) groups excluding carboxylic acids is 3. The van der Waals surface area contributed by atoms with Crippen LogP contribution in [0.1, 0.15) is 12.0 Å². The van der Waals surface area contributed by atoms with Gasteiger partial charge in [0, 0.05) is 0 Å². The Kier molecular flexibility index (Phi) is 10.4. The number of nitrogens with zero attached hydrogens (tertiary/aromatic N) is 1. The van der Waals surface area contributed by atoms with Gasteiger partial charge in [0.25, 0.3) is 0 Å². The molecule has 10 nitrogen and oxygen atoms in total. The van der Waals surface area contributed by atoms with Gasteiger partial charge in [-0.3, -0.25) is 0 Å². The van der Waals surface area contributed by atoms with Crippen molar-refractivity contribution in [3.8, 4) is 0 Å². The van der Waals surface area contributed by atoms with Crippen molar-refractivity contribution in [3.05, 3.63) is 113 Å². The molecule has 0 aromatic heterocycles. The molecule has 1 spiro atoms. The SMILES string of the molecule is C=C/C=C(\C=C/I1/C=C\C(O)=C\C(=O)C2=C(O)I3(O)(C[C@@H]2CC1)C(=O)C(C(N)=O)=C(O)[C@H]3N(C)C)CNCc1ccccc1. The summed E-state index contributed by atoms with van der Waals surface area (Å²) >= 11 is -8.19. The van der Waals surface area contributed by atoms with E-state index in [9.17, 15) is 33.1 Å². The van der Waals surface area contributed by atoms with E-state index in [0.717, 1.165) is 17.2 Å². The topological polar surface area (TPSA) is 173 Å². The van der Waals surface area contributed by atoms with Crippen molar-refractivity contribution >= 4 is 52.8 Å². The summed E-state index contributed by atoms with van der Waals surface area (Å²) in [6.07, 6.45) is 8.45. The van der Waals surface area contributed by atoms with Crippen molar-refractivity contribution in [2.24, 2.45) is 11.7 Å². The summed E-state index contributed by atoms with van der Waals surface area (Å²) in [5.74, 6) is -3.68. The van der Waals surface area contributed by atoms with E-state index >= 15 is 0 Å². The minimum atomic E-state index is -6.09. The van der Waals surface area contributed by atoms with Crippen LogP contribution in [0.2, 0.25) is 0 Å². The Labute approximate surface area is 265 Å². The number of benzene rings is 1. The number of amides is 1. The predicted octanol–water partition coefficient (Wildman–Crippen LogP) is 4.45. The third-order valence-electron chi connectivity index (χ3n) is 7.62. The number of aliphatic hydroxyl groups excluding tert-OH is 3. The molecular formula is C32H39I2N3O7. The maximum absolute atomic E-state index is 13.8. The van der Waals surface area contributed by atoms with Gasteiger partial charge in [-0.25, -0.2) is 0 Å². The second kappa shape index (κ2) is 13.5. The molecule has 0 unspecified atom stereocenters. The molecule has 4 rings (SSSR count). The van der Waals surface area contributed by atoms with Crippen LogP contribution in [0.3, 0.4) is 0 Å². The molecule has 1 amide bonds. The molecule has 0 saturated carbocycles. The van der Waals surface area contributed by atoms with E-state index < -0.39 is 77.8 Å². The van der Waals surface area contributed by atoms with Gasteiger partial charge in [0.05, 0.1) is 0 Å². The van der Waals surface area contributed by atoms with Crippen LogP contribution in [-0.4, -0.2) is 72.7 Å². The van der Waals surface area contributed by atoms with Crippen molar-refractivity contribution in [2.75, 3.05) is 29.5 Å². The fourth-order valence-electron chi connectivity index (χ4n) is 5.68. The number of allylic oxidation sites excluding steroid dienone is 5. The molecule has 3 heterocycles. The van der Waals surface area contributed by atoms with Crippen molar-refractivity contribution in [1.82, 2.24) is 10.2 Å². The Bertz CT molecular complexity index is 1560. The Morgan fingerprint density at radius 3 is 2.55 bits per heavy atom. The second-order valence-electron chi connectivity index (χ2n) is 10.9. The molecule has 238 valence electrons. The molecule has 2 atom stereocenters. The summed E-state index contributed by atoms with van der Waals surface area (Å²) in [5, 5.41) is 36.6. The van der Waals surface area contributed by atoms with E-state index in [1.165, 1.54) is 25.1 Å². The van der Waals surface area contributed by atoms with Crippen molar-refractivity contribution in [1.29, 1.82) is 0 Å². The van der Waals surface area contributed by atoms with Gasteiger partial charge in [-0.15, -0.1) is 0 Å². The van der Waals surface area contributed by atoms with Gasteiger partial charge in [-0.1, -0.05) is 0 Å². The minimum absolute atomic E-state index is 0.153. The average Bonchev–Trinajstić information content (AvgIpc) is 3.30. The number of hydrogen-bond donors (Lipinski definition) is 6. The van der Waals surface area contributed by atoms with Gasteiger partial charge in [0.2, 0.25) is 0 Å². The standard InChI is InChI=1S/C32H39I2N3O7/c1-4-8-21(19-36-20-22-9-6-5-7-10-22)11-14-33-15-12-23-18-34(44,30(41)26(23)25(39)17-24(38)13-16-33)29(37(2)3)28(40)27(31(34)42)32(35)43/h4-11,13-14,16-17,23,29,36,38,40-41,44H,1,12,15,18-20H2,2-3H3,(H2,35,43)/b14-11-,16-13-,21-8+,24-17-/t23-,29+/m0/s1. The number of primary amides is 1. The molecule has 7 N–H and O–H groups in total. The Morgan fingerprint density at radius 1 is 1.20 bits per heavy atom. The number of carbonyl (C=O) groups is 3. The summed E-state index contributed by atoms with van der Waals surface area (Å²) in [7, 11) is 3.01. The van der Waals surface area contributed by atoms with E-state index in [2.05, 4.69) is 16.0 Å². The molecule has 0 aliphatic carbocycles.